The van der Waals surface area contributed by atoms with Crippen LogP contribution in [0.1, 0.15) is 5.76 Å². The van der Waals surface area contributed by atoms with Crippen molar-refractivity contribution in [2.24, 2.45) is 0 Å². The second-order valence-corrected chi connectivity index (χ2v) is 5.85. The van der Waals surface area contributed by atoms with Crippen molar-refractivity contribution >= 4 is 37.8 Å². The van der Waals surface area contributed by atoms with Crippen LogP contribution in [0.25, 0.3) is 11.3 Å². The monoisotopic (exact) mass is 396 g/mol. The van der Waals surface area contributed by atoms with E-state index in [-0.39, 0.29) is 0 Å². The molecule has 7 heteroatoms. The van der Waals surface area contributed by atoms with E-state index in [1.165, 1.54) is 6.33 Å². The van der Waals surface area contributed by atoms with E-state index in [0.717, 1.165) is 26.0 Å². The smallest absolute Gasteiger partial charge is 0.218 e. The molecule has 0 atom stereocenters. The quantitative estimate of drug-likeness (QED) is 0.692. The van der Waals surface area contributed by atoms with Crippen molar-refractivity contribution in [2.75, 3.05) is 5.32 Å². The lowest BCUT2D eigenvalue weighted by Gasteiger charge is -2.02. The van der Waals surface area contributed by atoms with Gasteiger partial charge in [-0.25, -0.2) is 10.1 Å². The van der Waals surface area contributed by atoms with Crippen LogP contribution in [-0.4, -0.2) is 15.2 Å². The zero-order valence-electron chi connectivity index (χ0n) is 10.2. The fourth-order valence-electron chi connectivity index (χ4n) is 1.77. The lowest BCUT2D eigenvalue weighted by Crippen LogP contribution is -1.99. The summed E-state index contributed by atoms with van der Waals surface area (Å²) in [5.74, 6) is 2.26. The number of nitrogens with one attached hydrogen (secondary N) is 2. The highest BCUT2D eigenvalue weighted by Gasteiger charge is 2.09. The van der Waals surface area contributed by atoms with Crippen molar-refractivity contribution in [3.8, 4) is 11.3 Å². The molecule has 0 unspecified atom stereocenters. The Balaban J connectivity index is 1.76. The maximum Gasteiger partial charge on any atom is 0.218 e. The molecule has 3 rings (SSSR count). The minimum atomic E-state index is 0.545. The molecular formula is C13H10Br2N4O. The number of halogens is 2. The maximum absolute atomic E-state index is 5.82. The van der Waals surface area contributed by atoms with Gasteiger partial charge in [-0.1, -0.05) is 15.9 Å². The molecular weight excluding hydrogens is 388 g/mol. The van der Waals surface area contributed by atoms with E-state index >= 15 is 0 Å². The zero-order valence-corrected chi connectivity index (χ0v) is 13.4. The molecule has 2 heterocycles. The second kappa shape index (κ2) is 5.80. The first-order chi connectivity index (χ1) is 9.72. The Bertz CT molecular complexity index is 709. The van der Waals surface area contributed by atoms with Gasteiger partial charge in [-0.3, -0.25) is 0 Å². The zero-order chi connectivity index (χ0) is 13.9. The number of nitrogens with zero attached hydrogens (tertiary/aromatic N) is 2. The van der Waals surface area contributed by atoms with E-state index in [4.69, 9.17) is 4.42 Å². The van der Waals surface area contributed by atoms with Gasteiger partial charge < -0.3 is 9.73 Å². The van der Waals surface area contributed by atoms with Gasteiger partial charge >= 0.3 is 0 Å². The first-order valence-electron chi connectivity index (χ1n) is 5.86. The number of aromatic nitrogens is 3. The van der Waals surface area contributed by atoms with Gasteiger partial charge in [0.15, 0.2) is 0 Å². The number of rotatable bonds is 4. The van der Waals surface area contributed by atoms with Gasteiger partial charge in [0.05, 0.1) is 6.54 Å². The van der Waals surface area contributed by atoms with Crippen LogP contribution in [0.3, 0.4) is 0 Å². The summed E-state index contributed by atoms with van der Waals surface area (Å²) in [5.41, 5.74) is 1.01. The van der Waals surface area contributed by atoms with Crippen molar-refractivity contribution in [3.05, 3.63) is 51.4 Å². The third-order valence-electron chi connectivity index (χ3n) is 2.70. The molecule has 20 heavy (non-hydrogen) atoms. The summed E-state index contributed by atoms with van der Waals surface area (Å²) >= 11 is 6.97. The predicted octanol–water partition coefficient (Wildman–Crippen LogP) is 4.20. The summed E-state index contributed by atoms with van der Waals surface area (Å²) < 4.78 is 7.82. The van der Waals surface area contributed by atoms with Gasteiger partial charge in [-0.05, 0) is 46.3 Å². The third kappa shape index (κ3) is 2.94. The number of anilines is 1. The van der Waals surface area contributed by atoms with Crippen LogP contribution < -0.4 is 5.32 Å². The highest BCUT2D eigenvalue weighted by Crippen LogP contribution is 2.32. The lowest BCUT2D eigenvalue weighted by molar-refractivity contribution is 0.530. The number of hydrogen-bond acceptors (Lipinski definition) is 4. The largest absolute Gasteiger partial charge is 0.459 e. The molecule has 2 aromatic heterocycles. The molecule has 0 fully saturated rings. The van der Waals surface area contributed by atoms with Crippen LogP contribution in [0.2, 0.25) is 0 Å². The first-order valence-corrected chi connectivity index (χ1v) is 7.44. The molecule has 0 saturated heterocycles. The van der Waals surface area contributed by atoms with Crippen LogP contribution in [0, 0.1) is 0 Å². The molecule has 0 aliphatic carbocycles. The molecule has 0 aliphatic rings. The van der Waals surface area contributed by atoms with E-state index in [1.807, 2.05) is 30.3 Å². The van der Waals surface area contributed by atoms with E-state index in [2.05, 4.69) is 52.4 Å². The maximum atomic E-state index is 5.82. The first kappa shape index (κ1) is 13.4. The van der Waals surface area contributed by atoms with Crippen molar-refractivity contribution < 1.29 is 4.42 Å². The minimum Gasteiger partial charge on any atom is -0.459 e. The summed E-state index contributed by atoms with van der Waals surface area (Å²) in [6.07, 6.45) is 1.45. The molecule has 3 aromatic rings. The molecule has 102 valence electrons. The highest BCUT2D eigenvalue weighted by molar-refractivity contribution is 9.11. The van der Waals surface area contributed by atoms with Crippen LogP contribution in [0.4, 0.5) is 5.95 Å². The normalized spacial score (nSPS) is 10.7. The fourth-order valence-corrected chi connectivity index (χ4v) is 3.01. The number of benzene rings is 1. The number of H-pyrrole nitrogens is 1. The van der Waals surface area contributed by atoms with Gasteiger partial charge in [0.1, 0.15) is 17.8 Å². The van der Waals surface area contributed by atoms with Crippen molar-refractivity contribution in [3.63, 3.8) is 0 Å². The van der Waals surface area contributed by atoms with Gasteiger partial charge in [-0.15, -0.1) is 0 Å². The molecule has 2 N–H and O–H groups in total. The Labute approximate surface area is 132 Å². The molecule has 0 saturated carbocycles. The van der Waals surface area contributed by atoms with Gasteiger partial charge in [0, 0.05) is 14.5 Å². The Kier molecular flexibility index (Phi) is 3.88. The van der Waals surface area contributed by atoms with Gasteiger partial charge in [0.2, 0.25) is 5.95 Å². The predicted molar refractivity (Wildman–Crippen MR) is 83.3 cm³/mol. The highest BCUT2D eigenvalue weighted by atomic mass is 79.9. The number of furan rings is 1. The fraction of sp³-hybridized carbons (Fsp3) is 0.0769. The standard InChI is InChI=1S/C13H10Br2N4O/c14-8-1-3-10(11(15)5-8)12-4-2-9(20-12)6-16-13-17-7-18-19-13/h1-5,7H,6H2,(H2,16,17,18,19). The summed E-state index contributed by atoms with van der Waals surface area (Å²) in [6.45, 7) is 0.545. The van der Waals surface area contributed by atoms with Crippen molar-refractivity contribution in [2.45, 2.75) is 6.54 Å². The lowest BCUT2D eigenvalue weighted by atomic mass is 10.2. The van der Waals surface area contributed by atoms with Crippen LogP contribution in [0.15, 0.2) is 50.0 Å². The summed E-state index contributed by atoms with van der Waals surface area (Å²) in [7, 11) is 0. The van der Waals surface area contributed by atoms with Crippen LogP contribution in [-0.2, 0) is 6.54 Å². The Morgan fingerprint density at radius 2 is 2.10 bits per heavy atom. The van der Waals surface area contributed by atoms with Gasteiger partial charge in [-0.2, -0.15) is 5.10 Å². The van der Waals surface area contributed by atoms with Crippen molar-refractivity contribution in [1.29, 1.82) is 0 Å². The summed E-state index contributed by atoms with van der Waals surface area (Å²) in [6, 6.07) is 9.86. The molecule has 0 aliphatic heterocycles. The van der Waals surface area contributed by atoms with E-state index < -0.39 is 0 Å². The summed E-state index contributed by atoms with van der Waals surface area (Å²) in [5, 5.41) is 9.59. The summed E-state index contributed by atoms with van der Waals surface area (Å²) in [4.78, 5) is 3.99. The van der Waals surface area contributed by atoms with Crippen LogP contribution in [0.5, 0.6) is 0 Å². The van der Waals surface area contributed by atoms with Crippen LogP contribution >= 0.6 is 31.9 Å². The van der Waals surface area contributed by atoms with Crippen molar-refractivity contribution in [1.82, 2.24) is 15.2 Å². The van der Waals surface area contributed by atoms with E-state index in [9.17, 15) is 0 Å². The molecule has 0 bridgehead atoms. The Morgan fingerprint density at radius 1 is 1.20 bits per heavy atom. The van der Waals surface area contributed by atoms with Gasteiger partial charge in [0.25, 0.3) is 0 Å². The molecule has 5 nitrogen and oxygen atoms in total. The molecule has 0 radical (unpaired) electrons. The average Bonchev–Trinajstić information content (AvgIpc) is 3.07. The topological polar surface area (TPSA) is 66.7 Å². The SMILES string of the molecule is Brc1ccc(-c2ccc(CNc3ncn[nH]3)o2)c(Br)c1. The third-order valence-corrected chi connectivity index (χ3v) is 3.85. The molecule has 0 spiro atoms. The minimum absolute atomic E-state index is 0.545. The number of hydrogen-bond donors (Lipinski definition) is 2. The second-order valence-electron chi connectivity index (χ2n) is 4.08. The molecule has 0 amide bonds. The Hall–Kier alpha value is -1.60. The van der Waals surface area contributed by atoms with E-state index in [1.54, 1.807) is 0 Å². The molecule has 1 aromatic carbocycles. The average molecular weight is 398 g/mol. The van der Waals surface area contributed by atoms with E-state index in [0.29, 0.717) is 12.5 Å². The number of aromatic amines is 1. The Morgan fingerprint density at radius 3 is 2.85 bits per heavy atom.